The number of rotatable bonds is 2. The van der Waals surface area contributed by atoms with E-state index in [2.05, 4.69) is 168 Å². The number of aromatic nitrogens is 3. The van der Waals surface area contributed by atoms with E-state index >= 15 is 0 Å². The third-order valence-corrected chi connectivity index (χ3v) is 11.9. The van der Waals surface area contributed by atoms with E-state index in [1.54, 1.807) is 0 Å². The van der Waals surface area contributed by atoms with E-state index < -0.39 is 0 Å². The molecule has 0 saturated heterocycles. The van der Waals surface area contributed by atoms with E-state index in [1.165, 1.54) is 48.5 Å². The molecule has 0 amide bonds. The predicted octanol–water partition coefficient (Wildman–Crippen LogP) is 14.1. The molecule has 258 valence electrons. The molecule has 13 rings (SSSR count). The molecule has 0 radical (unpaired) electrons. The summed E-state index contributed by atoms with van der Waals surface area (Å²) in [4.78, 5) is 11.2. The molecule has 56 heavy (non-hydrogen) atoms. The predicted molar refractivity (Wildman–Crippen MR) is 234 cm³/mol. The summed E-state index contributed by atoms with van der Waals surface area (Å²) in [7, 11) is 0. The van der Waals surface area contributed by atoms with Gasteiger partial charge in [-0.1, -0.05) is 146 Å². The Morgan fingerprint density at radius 1 is 0.393 bits per heavy atom. The molecule has 0 fully saturated rings. The van der Waals surface area contributed by atoms with Crippen molar-refractivity contribution in [2.75, 3.05) is 0 Å². The highest BCUT2D eigenvalue weighted by atomic mass is 16.3. The molecule has 4 heteroatoms. The normalized spacial score (nSPS) is 12.3. The zero-order valence-electron chi connectivity index (χ0n) is 30.0. The monoisotopic (exact) mass is 711 g/mol. The molecule has 0 bridgehead atoms. The number of benzene rings is 10. The smallest absolute Gasteiger partial charge is 0.165 e. The van der Waals surface area contributed by atoms with Gasteiger partial charge in [0.15, 0.2) is 5.82 Å². The van der Waals surface area contributed by atoms with E-state index in [-0.39, 0.29) is 0 Å². The minimum atomic E-state index is 0.783. The summed E-state index contributed by atoms with van der Waals surface area (Å²) < 4.78 is 8.85. The van der Waals surface area contributed by atoms with Crippen LogP contribution in [0.3, 0.4) is 0 Å². The van der Waals surface area contributed by atoms with Gasteiger partial charge < -0.3 is 4.42 Å². The second-order valence-electron chi connectivity index (χ2n) is 14.9. The first-order valence-electron chi connectivity index (χ1n) is 19.1. The van der Waals surface area contributed by atoms with Gasteiger partial charge in [-0.3, -0.25) is 4.57 Å². The minimum Gasteiger partial charge on any atom is -0.456 e. The number of para-hydroxylation sites is 1. The van der Waals surface area contributed by atoms with Crippen LogP contribution >= 0.6 is 0 Å². The van der Waals surface area contributed by atoms with Gasteiger partial charge in [0, 0.05) is 43.3 Å². The van der Waals surface area contributed by atoms with E-state index in [0.29, 0.717) is 0 Å². The van der Waals surface area contributed by atoms with E-state index in [1.807, 2.05) is 12.1 Å². The summed E-state index contributed by atoms with van der Waals surface area (Å²) in [6.07, 6.45) is 0. The fraction of sp³-hybridized carbons (Fsp3) is 0. The molecule has 3 heterocycles. The van der Waals surface area contributed by atoms with Crippen molar-refractivity contribution >= 4 is 109 Å². The zero-order chi connectivity index (χ0) is 36.5. The Kier molecular flexibility index (Phi) is 5.86. The third-order valence-electron chi connectivity index (χ3n) is 11.9. The van der Waals surface area contributed by atoms with Crippen molar-refractivity contribution in [3.8, 4) is 17.1 Å². The van der Waals surface area contributed by atoms with Crippen LogP contribution in [-0.2, 0) is 0 Å². The summed E-state index contributed by atoms with van der Waals surface area (Å²) in [5.74, 6) is 0.783. The second-order valence-corrected chi connectivity index (χ2v) is 14.9. The highest BCUT2D eigenvalue weighted by Gasteiger charge is 2.24. The van der Waals surface area contributed by atoms with Gasteiger partial charge in [0.25, 0.3) is 0 Å². The molecule has 3 aromatic heterocycles. The number of fused-ring (bicyclic) bond motifs is 18. The highest BCUT2D eigenvalue weighted by molar-refractivity contribution is 6.36. The van der Waals surface area contributed by atoms with Crippen LogP contribution in [-0.4, -0.2) is 14.5 Å². The number of nitrogens with zero attached hydrogens (tertiary/aromatic N) is 3. The molecule has 0 spiro atoms. The van der Waals surface area contributed by atoms with Gasteiger partial charge in [0.1, 0.15) is 16.9 Å². The Bertz CT molecular complexity index is 3800. The molecular weight excluding hydrogens is 683 g/mol. The molecule has 0 N–H and O–H groups in total. The maximum absolute atomic E-state index is 6.46. The minimum absolute atomic E-state index is 0.783. The third kappa shape index (κ3) is 3.97. The van der Waals surface area contributed by atoms with Gasteiger partial charge in [-0.05, 0) is 68.0 Å². The lowest BCUT2D eigenvalue weighted by atomic mass is 9.91. The largest absolute Gasteiger partial charge is 0.456 e. The Labute approximate surface area is 319 Å². The van der Waals surface area contributed by atoms with E-state index in [9.17, 15) is 0 Å². The molecule has 0 saturated carbocycles. The van der Waals surface area contributed by atoms with Crippen molar-refractivity contribution in [3.05, 3.63) is 176 Å². The first-order chi connectivity index (χ1) is 27.8. The Morgan fingerprint density at radius 3 is 1.77 bits per heavy atom. The first-order valence-corrected chi connectivity index (χ1v) is 19.1. The molecule has 10 aromatic carbocycles. The average Bonchev–Trinajstić information content (AvgIpc) is 3.81. The Hall–Kier alpha value is -7.56. The van der Waals surface area contributed by atoms with Crippen molar-refractivity contribution in [1.82, 2.24) is 14.5 Å². The molecule has 0 atom stereocenters. The lowest BCUT2D eigenvalue weighted by Crippen LogP contribution is -2.04. The van der Waals surface area contributed by atoms with Gasteiger partial charge in [-0.15, -0.1) is 0 Å². The summed E-state index contributed by atoms with van der Waals surface area (Å²) in [5.41, 5.74) is 7.36. The van der Waals surface area contributed by atoms with Crippen molar-refractivity contribution in [2.24, 2.45) is 0 Å². The molecule has 0 aliphatic rings. The Morgan fingerprint density at radius 2 is 0.964 bits per heavy atom. The molecule has 0 unspecified atom stereocenters. The molecule has 0 aliphatic carbocycles. The summed E-state index contributed by atoms with van der Waals surface area (Å²) in [6, 6.07) is 63.0. The summed E-state index contributed by atoms with van der Waals surface area (Å²) >= 11 is 0. The van der Waals surface area contributed by atoms with Gasteiger partial charge in [-0.25, -0.2) is 9.97 Å². The average molecular weight is 712 g/mol. The number of hydrogen-bond donors (Lipinski definition) is 0. The lowest BCUT2D eigenvalue weighted by molar-refractivity contribution is 0.669. The van der Waals surface area contributed by atoms with Crippen molar-refractivity contribution < 1.29 is 4.42 Å². The quantitative estimate of drug-likeness (QED) is 0.168. The van der Waals surface area contributed by atoms with Gasteiger partial charge in [0.2, 0.25) is 0 Å². The van der Waals surface area contributed by atoms with Crippen LogP contribution in [0.1, 0.15) is 0 Å². The van der Waals surface area contributed by atoms with Crippen molar-refractivity contribution in [3.63, 3.8) is 0 Å². The van der Waals surface area contributed by atoms with Crippen molar-refractivity contribution in [2.45, 2.75) is 0 Å². The van der Waals surface area contributed by atoms with Crippen LogP contribution in [0.15, 0.2) is 180 Å². The maximum Gasteiger partial charge on any atom is 0.165 e. The molecule has 4 nitrogen and oxygen atoms in total. The van der Waals surface area contributed by atoms with Crippen molar-refractivity contribution in [1.29, 1.82) is 0 Å². The SMILES string of the molecule is c1ccc2c(c1)ccc1nc(-c3ccc4c(c3)oc3ccccc34)c(-n3c4ccc5c6ccccc6c6ccccc6c5c4c4ccc5ccccc5c43)nc12. The fourth-order valence-corrected chi connectivity index (χ4v) is 9.49. The van der Waals surface area contributed by atoms with Crippen LogP contribution in [0, 0.1) is 0 Å². The summed E-state index contributed by atoms with van der Waals surface area (Å²) in [6.45, 7) is 0. The Balaban J connectivity index is 1.25. The van der Waals surface area contributed by atoms with Crippen LogP contribution in [0.2, 0.25) is 0 Å². The molecule has 13 aromatic rings. The molecular formula is C52H29N3O. The second kappa shape index (κ2) is 11.0. The summed E-state index contributed by atoms with van der Waals surface area (Å²) in [5, 5.41) is 16.6. The van der Waals surface area contributed by atoms with E-state index in [4.69, 9.17) is 14.4 Å². The molecule has 0 aliphatic heterocycles. The van der Waals surface area contributed by atoms with Crippen LogP contribution in [0.4, 0.5) is 0 Å². The lowest BCUT2D eigenvalue weighted by Gasteiger charge is -2.16. The van der Waals surface area contributed by atoms with Gasteiger partial charge in [-0.2, -0.15) is 0 Å². The standard InChI is InChI=1S/C52H29N3O/c1-3-13-33-30(11-1)23-27-43-50(33)54-52(49(53-43)32-22-24-39-38-18-9-10-20-45(38)56-46(39)29-32)55-44-28-26-41-37-17-6-5-15-35(37)36-16-7-8-19-40(36)47(41)48(44)42-25-21-31-12-2-4-14-34(31)51(42)55/h1-29H. The van der Waals surface area contributed by atoms with E-state index in [0.717, 1.165) is 77.2 Å². The maximum atomic E-state index is 6.46. The van der Waals surface area contributed by atoms with Crippen LogP contribution < -0.4 is 0 Å². The first kappa shape index (κ1) is 29.8. The van der Waals surface area contributed by atoms with Crippen LogP contribution in [0.5, 0.6) is 0 Å². The fourth-order valence-electron chi connectivity index (χ4n) is 9.49. The van der Waals surface area contributed by atoms with Crippen LogP contribution in [0.25, 0.3) is 126 Å². The number of furan rings is 1. The van der Waals surface area contributed by atoms with Gasteiger partial charge >= 0.3 is 0 Å². The van der Waals surface area contributed by atoms with Gasteiger partial charge in [0.05, 0.1) is 22.1 Å². The highest BCUT2D eigenvalue weighted by Crippen LogP contribution is 2.46. The topological polar surface area (TPSA) is 43.9 Å². The zero-order valence-corrected chi connectivity index (χ0v) is 30.0. The number of hydrogen-bond acceptors (Lipinski definition) is 3.